The first-order chi connectivity index (χ1) is 11.7. The molecule has 0 spiro atoms. The number of guanidine groups is 1. The Bertz CT molecular complexity index is 408. The average Bonchev–Trinajstić information content (AvgIpc) is 3.12. The van der Waals surface area contributed by atoms with E-state index in [0.717, 1.165) is 44.9 Å². The third kappa shape index (κ3) is 7.98. The van der Waals surface area contributed by atoms with Gasteiger partial charge in [-0.05, 0) is 58.7 Å². The molecule has 2 fully saturated rings. The van der Waals surface area contributed by atoms with Crippen molar-refractivity contribution < 1.29 is 9.53 Å². The fourth-order valence-corrected chi connectivity index (χ4v) is 3.32. The molecule has 2 saturated heterocycles. The van der Waals surface area contributed by atoms with Crippen LogP contribution in [0.4, 0.5) is 4.79 Å². The molecule has 0 aliphatic carbocycles. The highest BCUT2D eigenvalue weighted by molar-refractivity contribution is 14.0. The molecule has 0 aromatic carbocycles. The van der Waals surface area contributed by atoms with Crippen LogP contribution in [0.3, 0.4) is 0 Å². The van der Waals surface area contributed by atoms with Gasteiger partial charge in [-0.15, -0.1) is 24.0 Å². The van der Waals surface area contributed by atoms with Crippen molar-refractivity contribution in [3.05, 3.63) is 0 Å². The molecular formula is C17H34IN5O2. The largest absolute Gasteiger partial charge is 0.450 e. The van der Waals surface area contributed by atoms with Gasteiger partial charge in [0, 0.05) is 32.7 Å². The van der Waals surface area contributed by atoms with E-state index in [1.165, 1.54) is 32.5 Å². The quantitative estimate of drug-likeness (QED) is 0.270. The van der Waals surface area contributed by atoms with Crippen molar-refractivity contribution >= 4 is 36.0 Å². The number of hydrogen-bond donors (Lipinski definition) is 2. The third-order valence-corrected chi connectivity index (χ3v) is 4.73. The minimum Gasteiger partial charge on any atom is -0.450 e. The average molecular weight is 467 g/mol. The summed E-state index contributed by atoms with van der Waals surface area (Å²) >= 11 is 0. The van der Waals surface area contributed by atoms with Crippen molar-refractivity contribution in [1.82, 2.24) is 20.4 Å². The van der Waals surface area contributed by atoms with Crippen LogP contribution in [0.15, 0.2) is 4.99 Å². The van der Waals surface area contributed by atoms with Gasteiger partial charge < -0.3 is 25.2 Å². The summed E-state index contributed by atoms with van der Waals surface area (Å²) in [4.78, 5) is 20.3. The summed E-state index contributed by atoms with van der Waals surface area (Å²) in [6.45, 7) is 8.37. The summed E-state index contributed by atoms with van der Waals surface area (Å²) in [5.41, 5.74) is 0. The lowest BCUT2D eigenvalue weighted by Gasteiger charge is -2.32. The third-order valence-electron chi connectivity index (χ3n) is 4.73. The summed E-state index contributed by atoms with van der Waals surface area (Å²) in [6, 6.07) is 0.362. The van der Waals surface area contributed by atoms with Crippen LogP contribution in [0, 0.1) is 0 Å². The minimum absolute atomic E-state index is 0. The van der Waals surface area contributed by atoms with Crippen LogP contribution < -0.4 is 10.6 Å². The van der Waals surface area contributed by atoms with E-state index < -0.39 is 0 Å². The van der Waals surface area contributed by atoms with Crippen molar-refractivity contribution in [2.24, 2.45) is 4.99 Å². The van der Waals surface area contributed by atoms with E-state index in [-0.39, 0.29) is 30.1 Å². The molecule has 0 aromatic heterocycles. The molecule has 0 aromatic rings. The minimum atomic E-state index is -0.194. The van der Waals surface area contributed by atoms with Crippen LogP contribution in [0.5, 0.6) is 0 Å². The number of rotatable bonds is 6. The topological polar surface area (TPSA) is 69.2 Å². The maximum Gasteiger partial charge on any atom is 0.409 e. The molecule has 25 heavy (non-hydrogen) atoms. The molecule has 0 saturated carbocycles. The number of likely N-dealkylation sites (tertiary alicyclic amines) is 2. The second-order valence-electron chi connectivity index (χ2n) is 6.51. The molecule has 0 atom stereocenters. The normalized spacial score (nSPS) is 19.4. The van der Waals surface area contributed by atoms with E-state index in [0.29, 0.717) is 12.6 Å². The van der Waals surface area contributed by atoms with Crippen LogP contribution in [0.25, 0.3) is 0 Å². The molecule has 0 unspecified atom stereocenters. The number of piperidine rings is 1. The second kappa shape index (κ2) is 12.6. The SMILES string of the molecule is CCOC(=O)N1CCC(NC(=NC)NCCCN2CCCC2)CC1.I. The summed E-state index contributed by atoms with van der Waals surface area (Å²) in [6.07, 6.45) is 5.49. The van der Waals surface area contributed by atoms with Crippen molar-refractivity contribution in [3.8, 4) is 0 Å². The number of nitrogens with one attached hydrogen (secondary N) is 2. The molecule has 7 nitrogen and oxygen atoms in total. The van der Waals surface area contributed by atoms with Gasteiger partial charge in [0.25, 0.3) is 0 Å². The van der Waals surface area contributed by atoms with Crippen LogP contribution in [0.1, 0.15) is 39.0 Å². The lowest BCUT2D eigenvalue weighted by molar-refractivity contribution is 0.0963. The Kier molecular flexibility index (Phi) is 11.2. The van der Waals surface area contributed by atoms with Gasteiger partial charge in [0.05, 0.1) is 6.61 Å². The van der Waals surface area contributed by atoms with E-state index in [9.17, 15) is 4.79 Å². The predicted molar refractivity (Wildman–Crippen MR) is 112 cm³/mol. The highest BCUT2D eigenvalue weighted by atomic mass is 127. The van der Waals surface area contributed by atoms with E-state index in [1.54, 1.807) is 4.90 Å². The van der Waals surface area contributed by atoms with Crippen LogP contribution in [0.2, 0.25) is 0 Å². The standard InChI is InChI=1S/C17H33N5O2.HI/c1-3-24-17(23)22-13-7-15(8-14-22)20-16(18-2)19-9-6-12-21-10-4-5-11-21;/h15H,3-14H2,1-2H3,(H2,18,19,20);1H. The smallest absolute Gasteiger partial charge is 0.409 e. The predicted octanol–water partition coefficient (Wildman–Crippen LogP) is 1.88. The Labute approximate surface area is 169 Å². The monoisotopic (exact) mass is 467 g/mol. The molecule has 1 amide bonds. The van der Waals surface area contributed by atoms with E-state index in [2.05, 4.69) is 20.5 Å². The summed E-state index contributed by atoms with van der Waals surface area (Å²) in [5.74, 6) is 0.867. The van der Waals surface area contributed by atoms with Gasteiger partial charge in [-0.1, -0.05) is 0 Å². The Hall–Kier alpha value is -0.770. The zero-order chi connectivity index (χ0) is 17.2. The van der Waals surface area contributed by atoms with Crippen molar-refractivity contribution in [1.29, 1.82) is 0 Å². The Morgan fingerprint density at radius 1 is 1.20 bits per heavy atom. The van der Waals surface area contributed by atoms with Gasteiger partial charge in [0.15, 0.2) is 5.96 Å². The number of carbonyl (C=O) groups excluding carboxylic acids is 1. The number of halogens is 1. The van der Waals surface area contributed by atoms with Crippen molar-refractivity contribution in [2.45, 2.75) is 45.1 Å². The van der Waals surface area contributed by atoms with Crippen LogP contribution in [-0.2, 0) is 4.74 Å². The molecule has 146 valence electrons. The maximum atomic E-state index is 11.7. The first-order valence-electron chi connectivity index (χ1n) is 9.34. The van der Waals surface area contributed by atoms with Gasteiger partial charge in [-0.2, -0.15) is 0 Å². The molecule has 0 radical (unpaired) electrons. The van der Waals surface area contributed by atoms with Gasteiger partial charge >= 0.3 is 6.09 Å². The Morgan fingerprint density at radius 3 is 2.48 bits per heavy atom. The zero-order valence-electron chi connectivity index (χ0n) is 15.6. The number of carbonyl (C=O) groups is 1. The highest BCUT2D eigenvalue weighted by Gasteiger charge is 2.24. The lowest BCUT2D eigenvalue weighted by Crippen LogP contribution is -2.50. The molecule has 2 N–H and O–H groups in total. The summed E-state index contributed by atoms with van der Waals surface area (Å²) < 4.78 is 5.05. The molecule has 2 rings (SSSR count). The molecule has 2 heterocycles. The Balaban J connectivity index is 0.00000312. The fraction of sp³-hybridized carbons (Fsp3) is 0.882. The number of ether oxygens (including phenoxy) is 1. The molecule has 0 bridgehead atoms. The van der Waals surface area contributed by atoms with Crippen molar-refractivity contribution in [2.75, 3.05) is 52.9 Å². The first kappa shape index (κ1) is 22.3. The van der Waals surface area contributed by atoms with E-state index >= 15 is 0 Å². The zero-order valence-corrected chi connectivity index (χ0v) is 18.0. The molecule has 2 aliphatic heterocycles. The summed E-state index contributed by atoms with van der Waals surface area (Å²) in [7, 11) is 1.81. The van der Waals surface area contributed by atoms with Gasteiger partial charge in [-0.3, -0.25) is 4.99 Å². The van der Waals surface area contributed by atoms with Crippen molar-refractivity contribution in [3.63, 3.8) is 0 Å². The first-order valence-corrected chi connectivity index (χ1v) is 9.34. The number of amides is 1. The van der Waals surface area contributed by atoms with Crippen LogP contribution in [-0.4, -0.2) is 80.8 Å². The lowest BCUT2D eigenvalue weighted by atomic mass is 10.1. The summed E-state index contributed by atoms with van der Waals surface area (Å²) in [5, 5.41) is 6.87. The highest BCUT2D eigenvalue weighted by Crippen LogP contribution is 2.11. The fourth-order valence-electron chi connectivity index (χ4n) is 3.32. The Morgan fingerprint density at radius 2 is 1.88 bits per heavy atom. The van der Waals surface area contributed by atoms with Gasteiger partial charge in [-0.25, -0.2) is 4.79 Å². The molecule has 8 heteroatoms. The number of nitrogens with zero attached hydrogens (tertiary/aromatic N) is 3. The van der Waals surface area contributed by atoms with Crippen LogP contribution >= 0.6 is 24.0 Å². The molecular weight excluding hydrogens is 433 g/mol. The second-order valence-corrected chi connectivity index (χ2v) is 6.51. The number of hydrogen-bond acceptors (Lipinski definition) is 4. The van der Waals surface area contributed by atoms with E-state index in [4.69, 9.17) is 4.74 Å². The van der Waals surface area contributed by atoms with Gasteiger partial charge in [0.2, 0.25) is 0 Å². The maximum absolute atomic E-state index is 11.7. The molecule has 2 aliphatic rings. The number of aliphatic imine (C=N–C) groups is 1. The van der Waals surface area contributed by atoms with E-state index in [1.807, 2.05) is 14.0 Å². The van der Waals surface area contributed by atoms with Gasteiger partial charge in [0.1, 0.15) is 0 Å².